The molecule has 0 unspecified atom stereocenters. The van der Waals surface area contributed by atoms with E-state index in [9.17, 15) is 14.9 Å². The van der Waals surface area contributed by atoms with Gasteiger partial charge in [-0.15, -0.1) is 0 Å². The number of benzene rings is 3. The SMILES string of the molecule is CCOc1cc(/C=N\NC(=O)Cc2ccc(Cl)cc2)cc(Br)c1OCc1ccc([N+](=O)[O-])cc1. The Bertz CT molecular complexity index is 1180. The van der Waals surface area contributed by atoms with Crippen LogP contribution in [0, 0.1) is 10.1 Å². The van der Waals surface area contributed by atoms with Crippen LogP contribution < -0.4 is 14.9 Å². The quantitative estimate of drug-likeness (QED) is 0.200. The Kier molecular flexibility index (Phi) is 9.00. The van der Waals surface area contributed by atoms with E-state index in [0.717, 1.165) is 11.1 Å². The molecule has 0 aliphatic heterocycles. The number of hydrazone groups is 1. The second-order valence-electron chi connectivity index (χ2n) is 7.07. The highest BCUT2D eigenvalue weighted by atomic mass is 79.9. The van der Waals surface area contributed by atoms with Gasteiger partial charge >= 0.3 is 0 Å². The molecule has 1 amide bonds. The lowest BCUT2D eigenvalue weighted by molar-refractivity contribution is -0.384. The molecule has 8 nitrogen and oxygen atoms in total. The van der Waals surface area contributed by atoms with Crippen LogP contribution in [0.2, 0.25) is 5.02 Å². The van der Waals surface area contributed by atoms with Gasteiger partial charge in [0.05, 0.1) is 28.6 Å². The second kappa shape index (κ2) is 12.2. The number of amides is 1. The Morgan fingerprint density at radius 3 is 2.44 bits per heavy atom. The molecule has 3 aromatic rings. The second-order valence-corrected chi connectivity index (χ2v) is 8.36. The van der Waals surface area contributed by atoms with E-state index in [-0.39, 0.29) is 24.6 Å². The number of carbonyl (C=O) groups is 1. The molecule has 0 aliphatic carbocycles. The maximum atomic E-state index is 12.1. The smallest absolute Gasteiger partial charge is 0.269 e. The van der Waals surface area contributed by atoms with Gasteiger partial charge in [-0.2, -0.15) is 5.10 Å². The summed E-state index contributed by atoms with van der Waals surface area (Å²) in [6.45, 7) is 2.47. The highest BCUT2D eigenvalue weighted by Crippen LogP contribution is 2.37. The molecule has 0 saturated heterocycles. The molecule has 176 valence electrons. The molecular weight excluding hydrogens is 526 g/mol. The standard InChI is InChI=1S/C24H21BrClN3O5/c1-2-33-22-12-18(14-27-28-23(30)13-16-3-7-19(26)8-4-16)11-21(25)24(22)34-15-17-5-9-20(10-6-17)29(31)32/h3-12,14H,2,13,15H2,1H3,(H,28,30)/b27-14-. The van der Waals surface area contributed by atoms with E-state index < -0.39 is 4.92 Å². The molecule has 34 heavy (non-hydrogen) atoms. The summed E-state index contributed by atoms with van der Waals surface area (Å²) in [4.78, 5) is 22.5. The number of hydrogen-bond donors (Lipinski definition) is 1. The maximum Gasteiger partial charge on any atom is 0.269 e. The fourth-order valence-corrected chi connectivity index (χ4v) is 3.64. The van der Waals surface area contributed by atoms with Crippen LogP contribution in [0.1, 0.15) is 23.6 Å². The first-order chi connectivity index (χ1) is 16.4. The molecule has 0 atom stereocenters. The van der Waals surface area contributed by atoms with Gasteiger partial charge < -0.3 is 9.47 Å². The summed E-state index contributed by atoms with van der Waals surface area (Å²) in [5.74, 6) is 0.725. The average Bonchev–Trinajstić information content (AvgIpc) is 2.80. The molecule has 0 radical (unpaired) electrons. The van der Waals surface area contributed by atoms with E-state index in [1.807, 2.05) is 6.92 Å². The molecule has 0 fully saturated rings. The highest BCUT2D eigenvalue weighted by Gasteiger charge is 2.13. The van der Waals surface area contributed by atoms with Crippen molar-refractivity contribution in [1.29, 1.82) is 0 Å². The average molecular weight is 547 g/mol. The molecule has 0 aromatic heterocycles. The van der Waals surface area contributed by atoms with Gasteiger partial charge in [-0.25, -0.2) is 5.43 Å². The molecule has 0 aliphatic rings. The number of ether oxygens (including phenoxy) is 2. The van der Waals surface area contributed by atoms with Crippen LogP contribution in [0.15, 0.2) is 70.2 Å². The Balaban J connectivity index is 1.65. The maximum absolute atomic E-state index is 12.1. The van der Waals surface area contributed by atoms with Crippen molar-refractivity contribution >= 4 is 45.3 Å². The molecule has 10 heteroatoms. The number of carbonyl (C=O) groups excluding carboxylic acids is 1. The number of nitro benzene ring substituents is 1. The van der Waals surface area contributed by atoms with E-state index in [1.165, 1.54) is 18.3 Å². The summed E-state index contributed by atoms with van der Waals surface area (Å²) in [6.07, 6.45) is 1.69. The van der Waals surface area contributed by atoms with E-state index in [1.54, 1.807) is 48.5 Å². The van der Waals surface area contributed by atoms with Gasteiger partial charge in [0.2, 0.25) is 5.91 Å². The largest absolute Gasteiger partial charge is 0.490 e. The number of halogens is 2. The van der Waals surface area contributed by atoms with Crippen molar-refractivity contribution < 1.29 is 19.2 Å². The Morgan fingerprint density at radius 2 is 1.79 bits per heavy atom. The van der Waals surface area contributed by atoms with Crippen molar-refractivity contribution in [3.05, 3.63) is 97.0 Å². The first kappa shape index (κ1) is 25.2. The number of nitrogens with one attached hydrogen (secondary N) is 1. The van der Waals surface area contributed by atoms with Crippen LogP contribution in [0.25, 0.3) is 0 Å². The van der Waals surface area contributed by atoms with Crippen molar-refractivity contribution in [3.8, 4) is 11.5 Å². The van der Waals surface area contributed by atoms with Crippen molar-refractivity contribution in [2.75, 3.05) is 6.61 Å². The fraction of sp³-hybridized carbons (Fsp3) is 0.167. The summed E-state index contributed by atoms with van der Waals surface area (Å²) in [5, 5.41) is 15.4. The summed E-state index contributed by atoms with van der Waals surface area (Å²) in [5.41, 5.74) is 4.80. The molecule has 0 bridgehead atoms. The molecule has 0 heterocycles. The highest BCUT2D eigenvalue weighted by molar-refractivity contribution is 9.10. The number of hydrogen-bond acceptors (Lipinski definition) is 6. The van der Waals surface area contributed by atoms with Gasteiger partial charge in [0.25, 0.3) is 5.69 Å². The third-order valence-corrected chi connectivity index (χ3v) is 5.38. The van der Waals surface area contributed by atoms with E-state index in [0.29, 0.717) is 33.2 Å². The van der Waals surface area contributed by atoms with Gasteiger partial charge in [0.1, 0.15) is 6.61 Å². The van der Waals surface area contributed by atoms with Crippen LogP contribution in [0.4, 0.5) is 5.69 Å². The molecular formula is C24H21BrClN3O5. The topological polar surface area (TPSA) is 103 Å². The van der Waals surface area contributed by atoms with E-state index in [2.05, 4.69) is 26.5 Å². The van der Waals surface area contributed by atoms with E-state index >= 15 is 0 Å². The molecule has 0 saturated carbocycles. The van der Waals surface area contributed by atoms with Crippen LogP contribution >= 0.6 is 27.5 Å². The van der Waals surface area contributed by atoms with Gasteiger partial charge in [-0.3, -0.25) is 14.9 Å². The van der Waals surface area contributed by atoms with Crippen LogP contribution in [-0.4, -0.2) is 23.7 Å². The van der Waals surface area contributed by atoms with Crippen molar-refractivity contribution in [2.24, 2.45) is 5.10 Å². The number of nitro groups is 1. The molecule has 1 N–H and O–H groups in total. The van der Waals surface area contributed by atoms with Gasteiger partial charge in [0, 0.05) is 17.2 Å². The van der Waals surface area contributed by atoms with Crippen molar-refractivity contribution in [1.82, 2.24) is 5.43 Å². The van der Waals surface area contributed by atoms with Crippen molar-refractivity contribution in [3.63, 3.8) is 0 Å². The number of nitrogens with zero attached hydrogens (tertiary/aromatic N) is 2. The summed E-state index contributed by atoms with van der Waals surface area (Å²) in [6, 6.07) is 16.7. The predicted octanol–water partition coefficient (Wildman–Crippen LogP) is 5.68. The zero-order valence-electron chi connectivity index (χ0n) is 18.2. The Labute approximate surface area is 209 Å². The Morgan fingerprint density at radius 1 is 1.12 bits per heavy atom. The Hall–Kier alpha value is -3.43. The van der Waals surface area contributed by atoms with Crippen LogP contribution in [-0.2, 0) is 17.8 Å². The zero-order chi connectivity index (χ0) is 24.5. The van der Waals surface area contributed by atoms with Crippen LogP contribution in [0.3, 0.4) is 0 Å². The lowest BCUT2D eigenvalue weighted by Crippen LogP contribution is -2.19. The zero-order valence-corrected chi connectivity index (χ0v) is 20.5. The minimum atomic E-state index is -0.450. The lowest BCUT2D eigenvalue weighted by Gasteiger charge is -2.14. The van der Waals surface area contributed by atoms with Crippen LogP contribution in [0.5, 0.6) is 11.5 Å². The first-order valence-electron chi connectivity index (χ1n) is 10.2. The number of non-ortho nitro benzene ring substituents is 1. The van der Waals surface area contributed by atoms with Crippen molar-refractivity contribution in [2.45, 2.75) is 20.0 Å². The lowest BCUT2D eigenvalue weighted by atomic mass is 10.1. The molecule has 3 rings (SSSR count). The molecule has 0 spiro atoms. The minimum absolute atomic E-state index is 0.0174. The van der Waals surface area contributed by atoms with Gasteiger partial charge in [-0.1, -0.05) is 23.7 Å². The molecule has 3 aromatic carbocycles. The van der Waals surface area contributed by atoms with Gasteiger partial charge in [0.15, 0.2) is 11.5 Å². The minimum Gasteiger partial charge on any atom is -0.490 e. The monoisotopic (exact) mass is 545 g/mol. The third-order valence-electron chi connectivity index (χ3n) is 4.54. The first-order valence-corrected chi connectivity index (χ1v) is 11.4. The number of rotatable bonds is 10. The summed E-state index contributed by atoms with van der Waals surface area (Å²) >= 11 is 9.35. The summed E-state index contributed by atoms with van der Waals surface area (Å²) < 4.78 is 12.3. The van der Waals surface area contributed by atoms with E-state index in [4.69, 9.17) is 21.1 Å². The predicted molar refractivity (Wildman–Crippen MR) is 134 cm³/mol. The third kappa shape index (κ3) is 7.29. The normalized spacial score (nSPS) is 10.8. The summed E-state index contributed by atoms with van der Waals surface area (Å²) in [7, 11) is 0. The van der Waals surface area contributed by atoms with Gasteiger partial charge in [-0.05, 0) is 75.9 Å². The fourth-order valence-electron chi connectivity index (χ4n) is 2.94.